The van der Waals surface area contributed by atoms with E-state index in [1.54, 1.807) is 19.1 Å². The minimum absolute atomic E-state index is 0.152. The van der Waals surface area contributed by atoms with E-state index < -0.39 is 5.97 Å². The van der Waals surface area contributed by atoms with Gasteiger partial charge in [-0.3, -0.25) is 4.79 Å². The molecule has 1 aromatic heterocycles. The third-order valence-electron chi connectivity index (χ3n) is 2.59. The van der Waals surface area contributed by atoms with Crippen molar-refractivity contribution in [2.45, 2.75) is 13.8 Å². The first-order chi connectivity index (χ1) is 8.50. The molecule has 0 fully saturated rings. The first-order valence-corrected chi connectivity index (χ1v) is 5.27. The molecule has 0 radical (unpaired) electrons. The number of Topliss-reactive ketones (excluding diaryl/α,β-unsaturated/α-hetero) is 1. The molecule has 0 saturated heterocycles. The number of ketones is 1. The van der Waals surface area contributed by atoms with Gasteiger partial charge in [0.2, 0.25) is 0 Å². The molecule has 0 atom stereocenters. The normalized spacial score (nSPS) is 10.3. The minimum Gasteiger partial charge on any atom is -0.478 e. The number of aromatic nitrogens is 3. The zero-order chi connectivity index (χ0) is 13.3. The molecule has 6 heteroatoms. The molecular formula is C12H11N3O3. The maximum atomic E-state index is 11.3. The molecule has 2 aromatic rings. The Labute approximate surface area is 103 Å². The van der Waals surface area contributed by atoms with E-state index in [2.05, 4.69) is 10.3 Å². The van der Waals surface area contributed by atoms with Crippen molar-refractivity contribution in [1.82, 2.24) is 15.0 Å². The fourth-order valence-corrected chi connectivity index (χ4v) is 1.64. The van der Waals surface area contributed by atoms with Gasteiger partial charge in [-0.2, -0.15) is 0 Å². The Kier molecular flexibility index (Phi) is 2.93. The molecule has 0 aliphatic carbocycles. The van der Waals surface area contributed by atoms with E-state index in [0.717, 1.165) is 0 Å². The van der Waals surface area contributed by atoms with E-state index in [4.69, 9.17) is 5.11 Å². The van der Waals surface area contributed by atoms with Crippen LogP contribution >= 0.6 is 0 Å². The second kappa shape index (κ2) is 4.40. The Balaban J connectivity index is 2.43. The van der Waals surface area contributed by atoms with Crippen molar-refractivity contribution in [2.24, 2.45) is 0 Å². The summed E-state index contributed by atoms with van der Waals surface area (Å²) in [5, 5.41) is 16.5. The van der Waals surface area contributed by atoms with E-state index >= 15 is 0 Å². The third-order valence-corrected chi connectivity index (χ3v) is 2.59. The molecule has 18 heavy (non-hydrogen) atoms. The van der Waals surface area contributed by atoms with Crippen molar-refractivity contribution in [3.05, 3.63) is 41.2 Å². The highest BCUT2D eigenvalue weighted by molar-refractivity contribution is 5.93. The van der Waals surface area contributed by atoms with Crippen molar-refractivity contribution in [2.75, 3.05) is 0 Å². The van der Waals surface area contributed by atoms with Gasteiger partial charge in [-0.05, 0) is 31.2 Å². The minimum atomic E-state index is -0.985. The summed E-state index contributed by atoms with van der Waals surface area (Å²) in [6, 6.07) is 6.20. The summed E-state index contributed by atoms with van der Waals surface area (Å²) in [5.74, 6) is -1.14. The lowest BCUT2D eigenvalue weighted by molar-refractivity contribution is 0.0696. The maximum Gasteiger partial charge on any atom is 0.335 e. The van der Waals surface area contributed by atoms with Crippen molar-refractivity contribution >= 4 is 11.8 Å². The smallest absolute Gasteiger partial charge is 0.335 e. The van der Waals surface area contributed by atoms with Crippen LogP contribution < -0.4 is 0 Å². The van der Waals surface area contributed by atoms with Crippen LogP contribution in [0.25, 0.3) is 5.69 Å². The van der Waals surface area contributed by atoms with E-state index in [1.165, 1.54) is 23.7 Å². The monoisotopic (exact) mass is 245 g/mol. The first kappa shape index (κ1) is 12.0. The quantitative estimate of drug-likeness (QED) is 0.828. The molecule has 0 spiro atoms. The van der Waals surface area contributed by atoms with Crippen molar-refractivity contribution in [3.63, 3.8) is 0 Å². The summed E-state index contributed by atoms with van der Waals surface area (Å²) in [5.41, 5.74) is 1.81. The number of hydrogen-bond acceptors (Lipinski definition) is 4. The number of rotatable bonds is 3. The topological polar surface area (TPSA) is 85.1 Å². The summed E-state index contributed by atoms with van der Waals surface area (Å²) in [4.78, 5) is 22.0. The molecule has 1 N–H and O–H groups in total. The maximum absolute atomic E-state index is 11.3. The number of benzene rings is 1. The highest BCUT2D eigenvalue weighted by Crippen LogP contribution is 2.13. The Bertz CT molecular complexity index is 614. The van der Waals surface area contributed by atoms with E-state index in [0.29, 0.717) is 17.1 Å². The van der Waals surface area contributed by atoms with E-state index in [-0.39, 0.29) is 11.3 Å². The largest absolute Gasteiger partial charge is 0.478 e. The first-order valence-electron chi connectivity index (χ1n) is 5.27. The summed E-state index contributed by atoms with van der Waals surface area (Å²) in [6.45, 7) is 3.16. The summed E-state index contributed by atoms with van der Waals surface area (Å²) in [7, 11) is 0. The molecule has 92 valence electrons. The Morgan fingerprint density at radius 3 is 2.28 bits per heavy atom. The second-order valence-corrected chi connectivity index (χ2v) is 3.84. The molecule has 0 bridgehead atoms. The van der Waals surface area contributed by atoms with Gasteiger partial charge < -0.3 is 5.11 Å². The summed E-state index contributed by atoms with van der Waals surface area (Å²) < 4.78 is 1.50. The fraction of sp³-hybridized carbons (Fsp3) is 0.167. The van der Waals surface area contributed by atoms with Crippen molar-refractivity contribution < 1.29 is 14.7 Å². The number of carbonyl (C=O) groups excluding carboxylic acids is 1. The van der Waals surface area contributed by atoms with Gasteiger partial charge in [-0.1, -0.05) is 5.21 Å². The zero-order valence-electron chi connectivity index (χ0n) is 9.91. The van der Waals surface area contributed by atoms with Gasteiger partial charge in [-0.25, -0.2) is 9.48 Å². The molecule has 0 unspecified atom stereocenters. The third kappa shape index (κ3) is 2.00. The zero-order valence-corrected chi connectivity index (χ0v) is 9.91. The van der Waals surface area contributed by atoms with Crippen LogP contribution in [0, 0.1) is 6.92 Å². The van der Waals surface area contributed by atoms with Gasteiger partial charge in [0.05, 0.1) is 16.9 Å². The van der Waals surface area contributed by atoms with Crippen molar-refractivity contribution in [3.8, 4) is 5.69 Å². The molecule has 1 heterocycles. The average molecular weight is 245 g/mol. The highest BCUT2D eigenvalue weighted by atomic mass is 16.4. The Morgan fingerprint density at radius 1 is 1.22 bits per heavy atom. The molecule has 2 rings (SSSR count). The van der Waals surface area contributed by atoms with Gasteiger partial charge in [0.15, 0.2) is 11.5 Å². The standard InChI is InChI=1S/C12H11N3O3/c1-7-11(8(2)16)13-14-15(7)10-5-3-9(4-6-10)12(17)18/h3-6H,1-2H3,(H,17,18). The highest BCUT2D eigenvalue weighted by Gasteiger charge is 2.13. The summed E-state index contributed by atoms with van der Waals surface area (Å²) in [6.07, 6.45) is 0. The Hall–Kier alpha value is -2.50. The lowest BCUT2D eigenvalue weighted by atomic mass is 10.2. The van der Waals surface area contributed by atoms with E-state index in [9.17, 15) is 9.59 Å². The van der Waals surface area contributed by atoms with Crippen LogP contribution in [0.3, 0.4) is 0 Å². The molecular weight excluding hydrogens is 234 g/mol. The van der Waals surface area contributed by atoms with Crippen LogP contribution in [-0.2, 0) is 0 Å². The van der Waals surface area contributed by atoms with Crippen LogP contribution in [0.1, 0.15) is 33.5 Å². The number of carbonyl (C=O) groups is 2. The van der Waals surface area contributed by atoms with Crippen molar-refractivity contribution in [1.29, 1.82) is 0 Å². The van der Waals surface area contributed by atoms with Gasteiger partial charge in [0, 0.05) is 6.92 Å². The number of carboxylic acid groups (broad SMARTS) is 1. The predicted molar refractivity (Wildman–Crippen MR) is 63.1 cm³/mol. The van der Waals surface area contributed by atoms with Crippen LogP contribution in [0.2, 0.25) is 0 Å². The molecule has 0 amide bonds. The second-order valence-electron chi connectivity index (χ2n) is 3.84. The average Bonchev–Trinajstić information content (AvgIpc) is 2.71. The lowest BCUT2D eigenvalue weighted by Gasteiger charge is -2.03. The number of hydrogen-bond donors (Lipinski definition) is 1. The van der Waals surface area contributed by atoms with Crippen LogP contribution in [-0.4, -0.2) is 31.9 Å². The fourth-order valence-electron chi connectivity index (χ4n) is 1.64. The van der Waals surface area contributed by atoms with Crippen LogP contribution in [0.15, 0.2) is 24.3 Å². The number of carboxylic acids is 1. The Morgan fingerprint density at radius 2 is 1.83 bits per heavy atom. The number of aromatic carboxylic acids is 1. The predicted octanol–water partition coefficient (Wildman–Crippen LogP) is 1.48. The molecule has 6 nitrogen and oxygen atoms in total. The molecule has 1 aromatic carbocycles. The SMILES string of the molecule is CC(=O)c1nnn(-c2ccc(C(=O)O)cc2)c1C. The van der Waals surface area contributed by atoms with Gasteiger partial charge in [0.25, 0.3) is 0 Å². The molecule has 0 aliphatic rings. The lowest BCUT2D eigenvalue weighted by Crippen LogP contribution is -2.02. The summed E-state index contributed by atoms with van der Waals surface area (Å²) >= 11 is 0. The van der Waals surface area contributed by atoms with Crippen LogP contribution in [0.5, 0.6) is 0 Å². The number of nitrogens with zero attached hydrogens (tertiary/aromatic N) is 3. The van der Waals surface area contributed by atoms with Crippen LogP contribution in [0.4, 0.5) is 0 Å². The van der Waals surface area contributed by atoms with Gasteiger partial charge in [0.1, 0.15) is 0 Å². The van der Waals surface area contributed by atoms with Gasteiger partial charge in [-0.15, -0.1) is 5.10 Å². The molecule has 0 saturated carbocycles. The van der Waals surface area contributed by atoms with Gasteiger partial charge >= 0.3 is 5.97 Å². The molecule has 0 aliphatic heterocycles. The van der Waals surface area contributed by atoms with E-state index in [1.807, 2.05) is 0 Å².